The SMILES string of the molecule is Cc1ccc(OP(=O)(Oc2ccccc2)Oc2cccc(C(C)C)c2)c(C)c1. The van der Waals surface area contributed by atoms with Crippen LogP contribution < -0.4 is 13.6 Å². The van der Waals surface area contributed by atoms with E-state index in [1.54, 1.807) is 36.4 Å². The maximum Gasteiger partial charge on any atom is 0.647 e. The molecule has 4 nitrogen and oxygen atoms in total. The van der Waals surface area contributed by atoms with Gasteiger partial charge >= 0.3 is 7.82 Å². The van der Waals surface area contributed by atoms with E-state index in [4.69, 9.17) is 13.6 Å². The molecule has 28 heavy (non-hydrogen) atoms. The minimum Gasteiger partial charge on any atom is -0.386 e. The van der Waals surface area contributed by atoms with Gasteiger partial charge in [0.2, 0.25) is 0 Å². The van der Waals surface area contributed by atoms with Gasteiger partial charge in [0.05, 0.1) is 0 Å². The highest BCUT2D eigenvalue weighted by molar-refractivity contribution is 7.49. The largest absolute Gasteiger partial charge is 0.647 e. The summed E-state index contributed by atoms with van der Waals surface area (Å²) in [6.45, 7) is 8.07. The van der Waals surface area contributed by atoms with Crippen LogP contribution in [0.1, 0.15) is 36.5 Å². The second-order valence-corrected chi connectivity index (χ2v) is 8.47. The lowest BCUT2D eigenvalue weighted by molar-refractivity contribution is 0.297. The monoisotopic (exact) mass is 396 g/mol. The van der Waals surface area contributed by atoms with Crippen LogP contribution in [-0.2, 0) is 4.57 Å². The second kappa shape index (κ2) is 8.53. The molecule has 0 radical (unpaired) electrons. The van der Waals surface area contributed by atoms with E-state index in [-0.39, 0.29) is 0 Å². The van der Waals surface area contributed by atoms with Gasteiger partial charge in [-0.3, -0.25) is 0 Å². The van der Waals surface area contributed by atoms with Crippen LogP contribution in [0.5, 0.6) is 17.2 Å². The third-order valence-corrected chi connectivity index (χ3v) is 5.53. The number of rotatable bonds is 7. The van der Waals surface area contributed by atoms with Gasteiger partial charge in [0, 0.05) is 0 Å². The van der Waals surface area contributed by atoms with Crippen molar-refractivity contribution in [2.75, 3.05) is 0 Å². The first kappa shape index (κ1) is 20.0. The summed E-state index contributed by atoms with van der Waals surface area (Å²) < 4.78 is 30.9. The van der Waals surface area contributed by atoms with Gasteiger partial charge in [-0.15, -0.1) is 0 Å². The number of hydrogen-bond acceptors (Lipinski definition) is 4. The molecule has 1 atom stereocenters. The third kappa shape index (κ3) is 5.17. The lowest BCUT2D eigenvalue weighted by Crippen LogP contribution is -2.08. The molecule has 0 bridgehead atoms. The Bertz CT molecular complexity index is 983. The first-order valence-electron chi connectivity index (χ1n) is 9.26. The van der Waals surface area contributed by atoms with Gasteiger partial charge in [-0.05, 0) is 61.2 Å². The van der Waals surface area contributed by atoms with Crippen LogP contribution in [0.3, 0.4) is 0 Å². The quantitative estimate of drug-likeness (QED) is 0.401. The molecule has 0 saturated heterocycles. The van der Waals surface area contributed by atoms with E-state index in [9.17, 15) is 4.57 Å². The Labute approximate surface area is 166 Å². The Hall–Kier alpha value is -2.71. The smallest absolute Gasteiger partial charge is 0.386 e. The summed E-state index contributed by atoms with van der Waals surface area (Å²) in [5.41, 5.74) is 3.03. The van der Waals surface area contributed by atoms with Crippen LogP contribution in [0.25, 0.3) is 0 Å². The summed E-state index contributed by atoms with van der Waals surface area (Å²) in [4.78, 5) is 0. The number of hydrogen-bond donors (Lipinski definition) is 0. The average molecular weight is 396 g/mol. The maximum absolute atomic E-state index is 13.6. The molecule has 0 aliphatic rings. The zero-order valence-corrected chi connectivity index (χ0v) is 17.5. The molecular weight excluding hydrogens is 371 g/mol. The van der Waals surface area contributed by atoms with Crippen LogP contribution in [0.15, 0.2) is 72.8 Å². The fourth-order valence-corrected chi connectivity index (χ4v) is 4.06. The Morgan fingerprint density at radius 1 is 0.750 bits per heavy atom. The van der Waals surface area contributed by atoms with Crippen molar-refractivity contribution in [3.05, 3.63) is 89.5 Å². The van der Waals surface area contributed by atoms with Crippen molar-refractivity contribution in [3.63, 3.8) is 0 Å². The fourth-order valence-electron chi connectivity index (χ4n) is 2.75. The zero-order chi connectivity index (χ0) is 20.1. The van der Waals surface area contributed by atoms with E-state index in [1.807, 2.05) is 50.2 Å². The minimum absolute atomic E-state index is 0.318. The lowest BCUT2D eigenvalue weighted by atomic mass is 10.0. The summed E-state index contributed by atoms with van der Waals surface area (Å²) in [7, 11) is -3.98. The van der Waals surface area contributed by atoms with Crippen molar-refractivity contribution in [3.8, 4) is 17.2 Å². The summed E-state index contributed by atoms with van der Waals surface area (Å²) in [5, 5.41) is 0. The predicted molar refractivity (Wildman–Crippen MR) is 112 cm³/mol. The van der Waals surface area contributed by atoms with Crippen molar-refractivity contribution in [2.24, 2.45) is 0 Å². The average Bonchev–Trinajstić information content (AvgIpc) is 2.65. The van der Waals surface area contributed by atoms with E-state index >= 15 is 0 Å². The maximum atomic E-state index is 13.6. The Kier molecular flexibility index (Phi) is 6.11. The van der Waals surface area contributed by atoms with Crippen LogP contribution in [0.2, 0.25) is 0 Å². The molecule has 3 aromatic carbocycles. The predicted octanol–water partition coefficient (Wildman–Crippen LogP) is 7.07. The molecule has 3 aromatic rings. The molecule has 5 heteroatoms. The van der Waals surface area contributed by atoms with Gasteiger partial charge in [-0.25, -0.2) is 0 Å². The number of benzene rings is 3. The molecule has 0 amide bonds. The Morgan fingerprint density at radius 2 is 1.43 bits per heavy atom. The molecule has 0 spiro atoms. The van der Waals surface area contributed by atoms with Gasteiger partial charge in [-0.1, -0.05) is 61.9 Å². The minimum atomic E-state index is -3.98. The van der Waals surface area contributed by atoms with E-state index in [0.717, 1.165) is 16.7 Å². The van der Waals surface area contributed by atoms with Crippen molar-refractivity contribution in [1.82, 2.24) is 0 Å². The third-order valence-electron chi connectivity index (χ3n) is 4.24. The highest BCUT2D eigenvalue weighted by Crippen LogP contribution is 2.50. The van der Waals surface area contributed by atoms with Gasteiger partial charge in [0.1, 0.15) is 17.2 Å². The number of para-hydroxylation sites is 1. The first-order valence-corrected chi connectivity index (χ1v) is 10.7. The van der Waals surface area contributed by atoms with Gasteiger partial charge < -0.3 is 13.6 Å². The highest BCUT2D eigenvalue weighted by atomic mass is 31.2. The highest BCUT2D eigenvalue weighted by Gasteiger charge is 2.33. The van der Waals surface area contributed by atoms with Crippen molar-refractivity contribution in [1.29, 1.82) is 0 Å². The standard InChI is InChI=1S/C23H25O4P/c1-17(2)20-9-8-12-22(16-20)26-28(24,25-21-10-6-5-7-11-21)27-23-14-13-18(3)15-19(23)4/h5-17H,1-4H3. The van der Waals surface area contributed by atoms with Crippen LogP contribution >= 0.6 is 7.82 Å². The number of aryl methyl sites for hydroxylation is 2. The molecule has 146 valence electrons. The Balaban J connectivity index is 1.94. The summed E-state index contributed by atoms with van der Waals surface area (Å²) >= 11 is 0. The molecular formula is C23H25O4P. The Morgan fingerprint density at radius 3 is 2.11 bits per heavy atom. The first-order chi connectivity index (χ1) is 13.3. The summed E-state index contributed by atoms with van der Waals surface area (Å²) in [5.74, 6) is 1.63. The van der Waals surface area contributed by atoms with Crippen molar-refractivity contribution < 1.29 is 18.1 Å². The molecule has 0 aliphatic carbocycles. The number of phosphoric ester groups is 1. The molecule has 0 aliphatic heterocycles. The van der Waals surface area contributed by atoms with E-state index in [0.29, 0.717) is 23.2 Å². The molecule has 1 unspecified atom stereocenters. The van der Waals surface area contributed by atoms with E-state index in [1.165, 1.54) is 0 Å². The molecule has 0 fully saturated rings. The molecule has 0 aromatic heterocycles. The van der Waals surface area contributed by atoms with Gasteiger partial charge in [0.15, 0.2) is 0 Å². The molecule has 0 N–H and O–H groups in total. The topological polar surface area (TPSA) is 44.8 Å². The molecule has 3 rings (SSSR count). The van der Waals surface area contributed by atoms with Crippen molar-refractivity contribution >= 4 is 7.82 Å². The summed E-state index contributed by atoms with van der Waals surface area (Å²) in [6, 6.07) is 22.0. The molecule has 0 heterocycles. The van der Waals surface area contributed by atoms with E-state index in [2.05, 4.69) is 13.8 Å². The lowest BCUT2D eigenvalue weighted by Gasteiger charge is -2.21. The van der Waals surface area contributed by atoms with Crippen LogP contribution in [0.4, 0.5) is 0 Å². The van der Waals surface area contributed by atoms with Crippen LogP contribution in [-0.4, -0.2) is 0 Å². The van der Waals surface area contributed by atoms with Gasteiger partial charge in [0.25, 0.3) is 0 Å². The van der Waals surface area contributed by atoms with Gasteiger partial charge in [-0.2, -0.15) is 4.57 Å². The van der Waals surface area contributed by atoms with Crippen molar-refractivity contribution in [2.45, 2.75) is 33.6 Å². The second-order valence-electron chi connectivity index (χ2n) is 7.03. The van der Waals surface area contributed by atoms with Crippen LogP contribution in [0, 0.1) is 13.8 Å². The zero-order valence-electron chi connectivity index (χ0n) is 16.6. The fraction of sp³-hybridized carbons (Fsp3) is 0.217. The summed E-state index contributed by atoms with van der Waals surface area (Å²) in [6.07, 6.45) is 0. The van der Waals surface area contributed by atoms with E-state index < -0.39 is 7.82 Å². The number of phosphoric acid groups is 1. The molecule has 0 saturated carbocycles. The normalized spacial score (nSPS) is 13.0.